The fraction of sp³-hybridized carbons (Fsp3) is 0.462. The van der Waals surface area contributed by atoms with Gasteiger partial charge in [0, 0.05) is 32.0 Å². The molecule has 1 spiro atoms. The Bertz CT molecular complexity index is 1070. The SMILES string of the molecule is O=C(NCC12CC(C(=O)O)(C1)C1(CCOCC1)O2)OCC1c2ccccc2-c2ccccc21. The predicted molar refractivity (Wildman–Crippen MR) is 119 cm³/mol. The standard InChI is InChI=1S/C26H27NO6/c28-22(29)25-14-24(15-25,33-26(25)9-11-31-12-10-26)16-27-23(30)32-13-21-19-7-3-1-5-17(19)18-6-2-4-8-20(18)21/h1-8,21H,9-16H2,(H,27,30)(H,28,29). The van der Waals surface area contributed by atoms with Gasteiger partial charge >= 0.3 is 12.1 Å². The van der Waals surface area contributed by atoms with Crippen molar-refractivity contribution in [1.29, 1.82) is 0 Å². The first-order valence-corrected chi connectivity index (χ1v) is 11.6. The van der Waals surface area contributed by atoms with Gasteiger partial charge in [-0.3, -0.25) is 4.79 Å². The Morgan fingerprint density at radius 3 is 2.21 bits per heavy atom. The molecule has 2 bridgehead atoms. The number of amides is 1. The number of hydrogen-bond donors (Lipinski definition) is 2. The van der Waals surface area contributed by atoms with Crippen molar-refractivity contribution >= 4 is 12.1 Å². The fourth-order valence-corrected chi connectivity index (χ4v) is 6.63. The summed E-state index contributed by atoms with van der Waals surface area (Å²) in [7, 11) is 0. The molecular weight excluding hydrogens is 422 g/mol. The van der Waals surface area contributed by atoms with Crippen LogP contribution in [0.3, 0.4) is 0 Å². The number of carboxylic acids is 1. The quantitative estimate of drug-likeness (QED) is 0.723. The molecule has 5 aliphatic rings. The molecular formula is C26H27NO6. The van der Waals surface area contributed by atoms with Crippen molar-refractivity contribution in [3.05, 3.63) is 59.7 Å². The number of alkyl carbamates (subject to hydrolysis) is 1. The van der Waals surface area contributed by atoms with Crippen LogP contribution in [0.5, 0.6) is 0 Å². The first kappa shape index (κ1) is 20.7. The smallest absolute Gasteiger partial charge is 0.407 e. The first-order valence-electron chi connectivity index (χ1n) is 11.6. The third-order valence-electron chi connectivity index (χ3n) is 8.14. The van der Waals surface area contributed by atoms with Gasteiger partial charge in [0.1, 0.15) is 12.0 Å². The largest absolute Gasteiger partial charge is 0.481 e. The van der Waals surface area contributed by atoms with E-state index < -0.39 is 28.7 Å². The van der Waals surface area contributed by atoms with E-state index in [0.29, 0.717) is 38.9 Å². The molecule has 7 rings (SSSR count). The molecule has 7 nitrogen and oxygen atoms in total. The highest BCUT2D eigenvalue weighted by Gasteiger charge is 2.78. The monoisotopic (exact) mass is 449 g/mol. The molecule has 33 heavy (non-hydrogen) atoms. The van der Waals surface area contributed by atoms with Gasteiger partial charge in [-0.1, -0.05) is 48.5 Å². The molecule has 3 aliphatic heterocycles. The number of carbonyl (C=O) groups is 2. The second kappa shape index (κ2) is 7.30. The van der Waals surface area contributed by atoms with Crippen LogP contribution in [-0.4, -0.2) is 54.7 Å². The summed E-state index contributed by atoms with van der Waals surface area (Å²) < 4.78 is 17.5. The maximum Gasteiger partial charge on any atom is 0.407 e. The van der Waals surface area contributed by atoms with Gasteiger partial charge in [0.05, 0.1) is 17.7 Å². The van der Waals surface area contributed by atoms with E-state index in [0.717, 1.165) is 11.1 Å². The average molecular weight is 450 g/mol. The van der Waals surface area contributed by atoms with Gasteiger partial charge < -0.3 is 24.6 Å². The molecule has 7 heteroatoms. The molecule has 0 atom stereocenters. The van der Waals surface area contributed by atoms with Crippen molar-refractivity contribution in [2.45, 2.75) is 42.8 Å². The van der Waals surface area contributed by atoms with Crippen molar-refractivity contribution in [1.82, 2.24) is 5.32 Å². The van der Waals surface area contributed by atoms with Crippen LogP contribution in [0, 0.1) is 5.41 Å². The Hall–Kier alpha value is -2.90. The zero-order valence-corrected chi connectivity index (χ0v) is 18.3. The summed E-state index contributed by atoms with van der Waals surface area (Å²) in [6.07, 6.45) is 1.48. The lowest BCUT2D eigenvalue weighted by Crippen LogP contribution is -2.58. The Morgan fingerprint density at radius 1 is 1.00 bits per heavy atom. The Kier molecular flexibility index (Phi) is 4.58. The Balaban J connectivity index is 1.10. The van der Waals surface area contributed by atoms with Gasteiger partial charge in [-0.2, -0.15) is 0 Å². The van der Waals surface area contributed by atoms with Gasteiger partial charge in [0.15, 0.2) is 0 Å². The van der Waals surface area contributed by atoms with Crippen LogP contribution in [0.15, 0.2) is 48.5 Å². The molecule has 2 aromatic rings. The number of aliphatic carboxylic acids is 1. The van der Waals surface area contributed by atoms with Crippen molar-refractivity contribution in [3.8, 4) is 11.1 Å². The lowest BCUT2D eigenvalue weighted by Gasteiger charge is -2.45. The summed E-state index contributed by atoms with van der Waals surface area (Å²) in [6, 6.07) is 16.4. The summed E-state index contributed by atoms with van der Waals surface area (Å²) >= 11 is 0. The van der Waals surface area contributed by atoms with Crippen LogP contribution in [-0.2, 0) is 19.0 Å². The number of rotatable bonds is 5. The second-order valence-corrected chi connectivity index (χ2v) is 9.81. The summed E-state index contributed by atoms with van der Waals surface area (Å²) in [5.74, 6) is -0.809. The maximum absolute atomic E-state index is 12.6. The van der Waals surface area contributed by atoms with Gasteiger partial charge in [-0.15, -0.1) is 0 Å². The van der Waals surface area contributed by atoms with Crippen LogP contribution >= 0.6 is 0 Å². The van der Waals surface area contributed by atoms with Crippen LogP contribution in [0.1, 0.15) is 42.7 Å². The number of fused-ring (bicyclic) bond motifs is 3. The molecule has 1 amide bonds. The highest BCUT2D eigenvalue weighted by Crippen LogP contribution is 2.69. The molecule has 0 unspecified atom stereocenters. The molecule has 4 fully saturated rings. The van der Waals surface area contributed by atoms with Crippen LogP contribution in [0.4, 0.5) is 4.79 Å². The topological polar surface area (TPSA) is 94.1 Å². The molecule has 172 valence electrons. The number of ether oxygens (including phenoxy) is 3. The highest BCUT2D eigenvalue weighted by molar-refractivity contribution is 5.80. The maximum atomic E-state index is 12.6. The molecule has 1 saturated carbocycles. The minimum atomic E-state index is -0.875. The minimum Gasteiger partial charge on any atom is -0.481 e. The second-order valence-electron chi connectivity index (χ2n) is 9.81. The van der Waals surface area contributed by atoms with Gasteiger partial charge in [0.2, 0.25) is 0 Å². The first-order chi connectivity index (χ1) is 16.0. The minimum absolute atomic E-state index is 0.00193. The summed E-state index contributed by atoms with van der Waals surface area (Å²) in [4.78, 5) is 24.7. The lowest BCUT2D eigenvalue weighted by atomic mass is 9.54. The van der Waals surface area contributed by atoms with E-state index in [9.17, 15) is 14.7 Å². The fourth-order valence-electron chi connectivity index (χ4n) is 6.63. The van der Waals surface area contributed by atoms with Crippen LogP contribution < -0.4 is 5.32 Å². The van der Waals surface area contributed by atoms with E-state index in [1.165, 1.54) is 11.1 Å². The summed E-state index contributed by atoms with van der Waals surface area (Å²) in [6.45, 7) is 1.51. The number of hydrogen-bond acceptors (Lipinski definition) is 5. The van der Waals surface area contributed by atoms with E-state index >= 15 is 0 Å². The summed E-state index contributed by atoms with van der Waals surface area (Å²) in [5.41, 5.74) is 2.48. The number of carboxylic acid groups (broad SMARTS) is 1. The van der Waals surface area contributed by atoms with E-state index in [2.05, 4.69) is 29.6 Å². The van der Waals surface area contributed by atoms with Gasteiger partial charge in [-0.05, 0) is 35.1 Å². The Morgan fingerprint density at radius 2 is 1.61 bits per heavy atom. The Labute approximate surface area is 192 Å². The molecule has 2 aromatic carbocycles. The average Bonchev–Trinajstić information content (AvgIpc) is 3.37. The highest BCUT2D eigenvalue weighted by atomic mass is 16.6. The van der Waals surface area contributed by atoms with E-state index in [1.807, 2.05) is 24.3 Å². The van der Waals surface area contributed by atoms with Gasteiger partial charge in [-0.25, -0.2) is 4.79 Å². The van der Waals surface area contributed by atoms with Crippen LogP contribution in [0.25, 0.3) is 11.1 Å². The number of benzene rings is 2. The lowest BCUT2D eigenvalue weighted by molar-refractivity contribution is -0.163. The molecule has 2 aliphatic carbocycles. The molecule has 2 N–H and O–H groups in total. The third kappa shape index (κ3) is 2.95. The van der Waals surface area contributed by atoms with Crippen molar-refractivity contribution in [2.75, 3.05) is 26.4 Å². The van der Waals surface area contributed by atoms with Crippen molar-refractivity contribution in [3.63, 3.8) is 0 Å². The van der Waals surface area contributed by atoms with Crippen molar-refractivity contribution < 1.29 is 28.9 Å². The molecule has 3 saturated heterocycles. The van der Waals surface area contributed by atoms with Crippen molar-refractivity contribution in [2.24, 2.45) is 5.41 Å². The third-order valence-corrected chi connectivity index (χ3v) is 8.14. The predicted octanol–water partition coefficient (Wildman–Crippen LogP) is 3.71. The zero-order valence-electron chi connectivity index (χ0n) is 18.3. The normalized spacial score (nSPS) is 28.6. The molecule has 0 aromatic heterocycles. The number of carbonyl (C=O) groups excluding carboxylic acids is 1. The molecule has 0 radical (unpaired) electrons. The van der Waals surface area contributed by atoms with E-state index in [4.69, 9.17) is 14.2 Å². The molecule has 3 heterocycles. The number of nitrogens with one attached hydrogen (secondary N) is 1. The summed E-state index contributed by atoms with van der Waals surface area (Å²) in [5, 5.41) is 12.8. The van der Waals surface area contributed by atoms with E-state index in [-0.39, 0.29) is 19.1 Å². The van der Waals surface area contributed by atoms with E-state index in [1.54, 1.807) is 0 Å². The zero-order chi connectivity index (χ0) is 22.7. The van der Waals surface area contributed by atoms with Gasteiger partial charge in [0.25, 0.3) is 0 Å². The van der Waals surface area contributed by atoms with Crippen LogP contribution in [0.2, 0.25) is 0 Å².